The van der Waals surface area contributed by atoms with E-state index in [2.05, 4.69) is 0 Å². The third-order valence-corrected chi connectivity index (χ3v) is 1.84. The topological polar surface area (TPSA) is 66.8 Å². The van der Waals surface area contributed by atoms with Crippen molar-refractivity contribution < 1.29 is 19.4 Å². The van der Waals surface area contributed by atoms with Gasteiger partial charge in [0.05, 0.1) is 6.00 Å². The zero-order valence-electron chi connectivity index (χ0n) is 9.28. The number of amides is 1. The van der Waals surface area contributed by atoms with Crippen LogP contribution in [-0.2, 0) is 9.53 Å². The minimum absolute atomic E-state index is 0.220. The van der Waals surface area contributed by atoms with Gasteiger partial charge in [-0.15, -0.1) is 11.6 Å². The van der Waals surface area contributed by atoms with E-state index in [1.807, 2.05) is 0 Å². The fourth-order valence-electron chi connectivity index (χ4n) is 0.764. The first-order valence-corrected chi connectivity index (χ1v) is 5.01. The first kappa shape index (κ1) is 14.0. The zero-order valence-corrected chi connectivity index (χ0v) is 10.0. The van der Waals surface area contributed by atoms with Crippen molar-refractivity contribution >= 4 is 23.7 Å². The largest absolute Gasteiger partial charge is 0.480 e. The predicted molar refractivity (Wildman–Crippen MR) is 55.9 cm³/mol. The molecule has 0 aromatic carbocycles. The number of hydrogen-bond donors (Lipinski definition) is 1. The molecule has 6 heteroatoms. The zero-order chi connectivity index (χ0) is 12.2. The average Bonchev–Trinajstić information content (AvgIpc) is 2.01. The Morgan fingerprint density at radius 1 is 1.47 bits per heavy atom. The number of rotatable bonds is 3. The summed E-state index contributed by atoms with van der Waals surface area (Å²) in [6.07, 6.45) is -0.729. The van der Waals surface area contributed by atoms with E-state index < -0.39 is 23.7 Å². The summed E-state index contributed by atoms with van der Waals surface area (Å²) in [5.41, 5.74) is -0.667. The maximum absolute atomic E-state index is 11.5. The van der Waals surface area contributed by atoms with Crippen molar-refractivity contribution in [2.45, 2.75) is 39.3 Å². The number of alkyl halides is 1. The van der Waals surface area contributed by atoms with Crippen molar-refractivity contribution in [2.24, 2.45) is 0 Å². The molecule has 0 rings (SSSR count). The highest BCUT2D eigenvalue weighted by Gasteiger charge is 2.28. The standard InChI is InChI=1S/C9H16ClNO4/c1-6(7(12)13)11(5-10)8(14)15-9(2,3)4/h6H,5H2,1-4H3,(H,12,13)/t6-/m0/s1. The van der Waals surface area contributed by atoms with Crippen LogP contribution in [0.3, 0.4) is 0 Å². The Labute approximate surface area is 94.0 Å². The predicted octanol–water partition coefficient (Wildman–Crippen LogP) is 1.89. The molecular weight excluding hydrogens is 222 g/mol. The molecule has 0 aliphatic carbocycles. The monoisotopic (exact) mass is 237 g/mol. The Hall–Kier alpha value is -0.970. The van der Waals surface area contributed by atoms with Crippen LogP contribution in [0.1, 0.15) is 27.7 Å². The van der Waals surface area contributed by atoms with Crippen LogP contribution in [0.15, 0.2) is 0 Å². The van der Waals surface area contributed by atoms with Crippen molar-refractivity contribution in [1.82, 2.24) is 4.90 Å². The van der Waals surface area contributed by atoms with Gasteiger partial charge in [0.1, 0.15) is 11.6 Å². The maximum Gasteiger partial charge on any atom is 0.412 e. The summed E-state index contributed by atoms with van der Waals surface area (Å²) in [4.78, 5) is 23.1. The molecule has 0 spiro atoms. The molecule has 15 heavy (non-hydrogen) atoms. The summed E-state index contributed by atoms with van der Waals surface area (Å²) in [6.45, 7) is 6.46. The van der Waals surface area contributed by atoms with Gasteiger partial charge in [-0.25, -0.2) is 9.59 Å². The normalized spacial score (nSPS) is 13.1. The number of carbonyl (C=O) groups is 2. The number of nitrogens with zero attached hydrogens (tertiary/aromatic N) is 1. The van der Waals surface area contributed by atoms with Crippen LogP contribution in [0.5, 0.6) is 0 Å². The minimum Gasteiger partial charge on any atom is -0.480 e. The summed E-state index contributed by atoms with van der Waals surface area (Å²) in [5, 5.41) is 8.72. The molecule has 5 nitrogen and oxygen atoms in total. The summed E-state index contributed by atoms with van der Waals surface area (Å²) >= 11 is 5.49. The van der Waals surface area contributed by atoms with Gasteiger partial charge in [-0.3, -0.25) is 4.90 Å². The second-order valence-electron chi connectivity index (χ2n) is 4.08. The number of carbonyl (C=O) groups excluding carboxylic acids is 1. The maximum atomic E-state index is 11.5. The number of carboxylic acid groups (broad SMARTS) is 1. The highest BCUT2D eigenvalue weighted by molar-refractivity contribution is 6.18. The third-order valence-electron chi connectivity index (χ3n) is 1.58. The van der Waals surface area contributed by atoms with Gasteiger partial charge in [-0.1, -0.05) is 0 Å². The number of carboxylic acids is 1. The fourth-order valence-corrected chi connectivity index (χ4v) is 1.07. The number of aliphatic carboxylic acids is 1. The van der Waals surface area contributed by atoms with Crippen molar-refractivity contribution in [3.05, 3.63) is 0 Å². The molecule has 0 fully saturated rings. The Balaban J connectivity index is 4.55. The number of halogens is 1. The van der Waals surface area contributed by atoms with Gasteiger partial charge in [0.15, 0.2) is 0 Å². The van der Waals surface area contributed by atoms with Crippen LogP contribution in [0.2, 0.25) is 0 Å². The van der Waals surface area contributed by atoms with Crippen molar-refractivity contribution in [3.63, 3.8) is 0 Å². The SMILES string of the molecule is C[C@@H](C(=O)O)N(CCl)C(=O)OC(C)(C)C. The third kappa shape index (κ3) is 4.88. The lowest BCUT2D eigenvalue weighted by molar-refractivity contribution is -0.142. The van der Waals surface area contributed by atoms with Crippen LogP contribution in [0.25, 0.3) is 0 Å². The molecule has 0 saturated heterocycles. The molecule has 0 radical (unpaired) electrons. The molecule has 0 aromatic heterocycles. The molecule has 0 saturated carbocycles. The van der Waals surface area contributed by atoms with Crippen LogP contribution < -0.4 is 0 Å². The lowest BCUT2D eigenvalue weighted by Crippen LogP contribution is -2.45. The molecule has 1 N–H and O–H groups in total. The van der Waals surface area contributed by atoms with Crippen LogP contribution >= 0.6 is 11.6 Å². The average molecular weight is 238 g/mol. The summed E-state index contributed by atoms with van der Waals surface area (Å²) in [5.74, 6) is -1.12. The van der Waals surface area contributed by atoms with E-state index in [1.165, 1.54) is 6.92 Å². The van der Waals surface area contributed by atoms with Gasteiger partial charge in [-0.2, -0.15) is 0 Å². The second kappa shape index (κ2) is 5.21. The molecule has 0 bridgehead atoms. The molecular formula is C9H16ClNO4. The highest BCUT2D eigenvalue weighted by Crippen LogP contribution is 2.12. The van der Waals surface area contributed by atoms with Gasteiger partial charge < -0.3 is 9.84 Å². The Bertz CT molecular complexity index is 249. The smallest absolute Gasteiger partial charge is 0.412 e. The molecule has 0 aliphatic rings. The van der Waals surface area contributed by atoms with Crippen LogP contribution in [0, 0.1) is 0 Å². The van der Waals surface area contributed by atoms with Crippen molar-refractivity contribution in [2.75, 3.05) is 6.00 Å². The summed E-state index contributed by atoms with van der Waals surface area (Å²) < 4.78 is 5.00. The molecule has 0 unspecified atom stereocenters. The van der Waals surface area contributed by atoms with Gasteiger partial charge in [0.25, 0.3) is 0 Å². The Kier molecular flexibility index (Phi) is 4.87. The van der Waals surface area contributed by atoms with E-state index in [0.717, 1.165) is 4.90 Å². The van der Waals surface area contributed by atoms with Crippen LogP contribution in [-0.4, -0.2) is 39.7 Å². The Morgan fingerprint density at radius 3 is 2.20 bits per heavy atom. The molecule has 88 valence electrons. The molecule has 0 aromatic rings. The van der Waals surface area contributed by atoms with E-state index in [-0.39, 0.29) is 6.00 Å². The van der Waals surface area contributed by atoms with Gasteiger partial charge in [0.2, 0.25) is 0 Å². The van der Waals surface area contributed by atoms with Gasteiger partial charge >= 0.3 is 12.1 Å². The van der Waals surface area contributed by atoms with Crippen molar-refractivity contribution in [1.29, 1.82) is 0 Å². The lowest BCUT2D eigenvalue weighted by atomic mass is 10.2. The highest BCUT2D eigenvalue weighted by atomic mass is 35.5. The van der Waals surface area contributed by atoms with E-state index in [0.29, 0.717) is 0 Å². The number of hydrogen-bond acceptors (Lipinski definition) is 3. The van der Waals surface area contributed by atoms with Gasteiger partial charge in [0, 0.05) is 0 Å². The first-order chi connectivity index (χ1) is 6.69. The van der Waals surface area contributed by atoms with Gasteiger partial charge in [-0.05, 0) is 27.7 Å². The van der Waals surface area contributed by atoms with E-state index >= 15 is 0 Å². The molecule has 1 atom stereocenters. The molecule has 1 amide bonds. The van der Waals surface area contributed by atoms with Crippen LogP contribution in [0.4, 0.5) is 4.79 Å². The number of ether oxygens (including phenoxy) is 1. The van der Waals surface area contributed by atoms with E-state index in [9.17, 15) is 9.59 Å². The minimum atomic E-state index is -1.12. The molecule has 0 aliphatic heterocycles. The first-order valence-electron chi connectivity index (χ1n) is 4.47. The fraction of sp³-hybridized carbons (Fsp3) is 0.778. The lowest BCUT2D eigenvalue weighted by Gasteiger charge is -2.28. The van der Waals surface area contributed by atoms with E-state index in [4.69, 9.17) is 21.4 Å². The quantitative estimate of drug-likeness (QED) is 0.601. The second-order valence-corrected chi connectivity index (χ2v) is 4.32. The van der Waals surface area contributed by atoms with E-state index in [1.54, 1.807) is 20.8 Å². The van der Waals surface area contributed by atoms with Crippen molar-refractivity contribution in [3.8, 4) is 0 Å². The summed E-state index contributed by atoms with van der Waals surface area (Å²) in [6, 6.07) is -1.22. The summed E-state index contributed by atoms with van der Waals surface area (Å²) in [7, 11) is 0. The molecule has 0 heterocycles. The Morgan fingerprint density at radius 2 is 1.93 bits per heavy atom.